The Morgan fingerprint density at radius 3 is 2.13 bits per heavy atom. The highest BCUT2D eigenvalue weighted by Crippen LogP contribution is 2.32. The van der Waals surface area contributed by atoms with Crippen LogP contribution >= 0.6 is 0 Å². The summed E-state index contributed by atoms with van der Waals surface area (Å²) in [5, 5.41) is 0. The van der Waals surface area contributed by atoms with E-state index in [4.69, 9.17) is 4.74 Å². The van der Waals surface area contributed by atoms with Gasteiger partial charge in [0.25, 0.3) is 17.7 Å². The van der Waals surface area contributed by atoms with Crippen LogP contribution in [0.25, 0.3) is 0 Å². The normalized spacial score (nSPS) is 12.6. The van der Waals surface area contributed by atoms with Crippen molar-refractivity contribution < 1.29 is 23.5 Å². The van der Waals surface area contributed by atoms with Gasteiger partial charge in [-0.3, -0.25) is 24.2 Å². The topological polar surface area (TPSA) is 66.9 Å². The summed E-state index contributed by atoms with van der Waals surface area (Å²) >= 11 is 0. The maximum atomic E-state index is 14.4. The largest absolute Gasteiger partial charge is 0.492 e. The first-order valence-corrected chi connectivity index (χ1v) is 9.76. The molecule has 1 heterocycles. The molecule has 0 radical (unpaired) electrons. The molecule has 0 spiro atoms. The van der Waals surface area contributed by atoms with Crippen molar-refractivity contribution in [3.63, 3.8) is 0 Å². The Morgan fingerprint density at radius 1 is 0.903 bits per heavy atom. The van der Waals surface area contributed by atoms with Crippen molar-refractivity contribution >= 4 is 23.4 Å². The van der Waals surface area contributed by atoms with Crippen molar-refractivity contribution in [1.82, 2.24) is 4.90 Å². The Labute approximate surface area is 178 Å². The molecule has 0 saturated heterocycles. The molecule has 0 N–H and O–H groups in total. The van der Waals surface area contributed by atoms with Gasteiger partial charge in [-0.1, -0.05) is 36.4 Å². The second-order valence-electron chi connectivity index (χ2n) is 6.84. The number of nitrogens with zero attached hydrogens (tertiary/aromatic N) is 2. The average Bonchev–Trinajstić information content (AvgIpc) is 3.03. The molecule has 6 nitrogen and oxygen atoms in total. The van der Waals surface area contributed by atoms with E-state index < -0.39 is 23.5 Å². The van der Waals surface area contributed by atoms with Crippen molar-refractivity contribution in [2.24, 2.45) is 0 Å². The van der Waals surface area contributed by atoms with Crippen LogP contribution < -0.4 is 9.64 Å². The highest BCUT2D eigenvalue weighted by atomic mass is 19.1. The van der Waals surface area contributed by atoms with Gasteiger partial charge in [0.05, 0.1) is 29.0 Å². The first-order valence-electron chi connectivity index (χ1n) is 9.76. The minimum atomic E-state index is -0.700. The molecule has 1 aliphatic heterocycles. The van der Waals surface area contributed by atoms with Crippen LogP contribution in [-0.2, 0) is 0 Å². The van der Waals surface area contributed by atoms with Gasteiger partial charge in [0.1, 0.15) is 18.2 Å². The number of ether oxygens (including phenoxy) is 1. The lowest BCUT2D eigenvalue weighted by Crippen LogP contribution is -2.44. The summed E-state index contributed by atoms with van der Waals surface area (Å²) in [4.78, 5) is 41.3. The number of anilines is 1. The van der Waals surface area contributed by atoms with E-state index in [2.05, 4.69) is 0 Å². The number of para-hydroxylation sites is 2. The number of hydrogen-bond donors (Lipinski definition) is 0. The molecular formula is C24H19FN2O4. The van der Waals surface area contributed by atoms with E-state index >= 15 is 0 Å². The zero-order valence-corrected chi connectivity index (χ0v) is 16.7. The van der Waals surface area contributed by atoms with Gasteiger partial charge in [0.15, 0.2) is 0 Å². The summed E-state index contributed by atoms with van der Waals surface area (Å²) < 4.78 is 20.1. The second kappa shape index (κ2) is 8.39. The molecule has 0 bridgehead atoms. The lowest BCUT2D eigenvalue weighted by Gasteiger charge is -2.28. The lowest BCUT2D eigenvalue weighted by atomic mass is 10.1. The number of carbonyl (C=O) groups excluding carboxylic acids is 3. The molecule has 0 saturated carbocycles. The van der Waals surface area contributed by atoms with Crippen molar-refractivity contribution in [3.8, 4) is 5.75 Å². The molecule has 7 heteroatoms. The van der Waals surface area contributed by atoms with Gasteiger partial charge in [0, 0.05) is 0 Å². The third kappa shape index (κ3) is 3.66. The van der Waals surface area contributed by atoms with Crippen LogP contribution in [0.15, 0.2) is 72.8 Å². The van der Waals surface area contributed by atoms with E-state index in [-0.39, 0.29) is 23.4 Å². The predicted molar refractivity (Wildman–Crippen MR) is 113 cm³/mol. The number of carbonyl (C=O) groups is 3. The Bertz CT molecular complexity index is 1140. The highest BCUT2D eigenvalue weighted by molar-refractivity contribution is 6.22. The monoisotopic (exact) mass is 418 g/mol. The van der Waals surface area contributed by atoms with Gasteiger partial charge < -0.3 is 4.74 Å². The number of hydrogen-bond acceptors (Lipinski definition) is 4. The number of rotatable bonds is 6. The standard InChI is InChI=1S/C24H19FN2O4/c1-2-31-21-14-8-7-13-20(21)26(24(30)18-11-5-6-12-19(18)25)15-27-22(28)16-9-3-4-10-17(16)23(27)29/h3-14H,2,15H2,1H3. The molecule has 3 aromatic carbocycles. The molecule has 4 rings (SSSR count). The zero-order valence-electron chi connectivity index (χ0n) is 16.7. The maximum absolute atomic E-state index is 14.4. The van der Waals surface area contributed by atoms with Crippen LogP contribution in [0.5, 0.6) is 5.75 Å². The van der Waals surface area contributed by atoms with Crippen LogP contribution in [0.1, 0.15) is 38.0 Å². The van der Waals surface area contributed by atoms with E-state index in [1.54, 1.807) is 61.5 Å². The highest BCUT2D eigenvalue weighted by Gasteiger charge is 2.38. The van der Waals surface area contributed by atoms with Crippen molar-refractivity contribution in [1.29, 1.82) is 0 Å². The average molecular weight is 418 g/mol. The van der Waals surface area contributed by atoms with Crippen LogP contribution in [-0.4, -0.2) is 35.9 Å². The molecule has 0 aliphatic carbocycles. The molecule has 31 heavy (non-hydrogen) atoms. The molecule has 0 aromatic heterocycles. The third-order valence-corrected chi connectivity index (χ3v) is 4.97. The van der Waals surface area contributed by atoms with Crippen molar-refractivity contribution in [2.75, 3.05) is 18.2 Å². The van der Waals surface area contributed by atoms with E-state index in [1.807, 2.05) is 0 Å². The fourth-order valence-corrected chi connectivity index (χ4v) is 3.50. The molecule has 3 amide bonds. The van der Waals surface area contributed by atoms with Gasteiger partial charge in [-0.2, -0.15) is 0 Å². The fraction of sp³-hybridized carbons (Fsp3) is 0.125. The minimum absolute atomic E-state index is 0.176. The van der Waals surface area contributed by atoms with Gasteiger partial charge >= 0.3 is 0 Å². The molecule has 156 valence electrons. The Balaban J connectivity index is 1.77. The summed E-state index contributed by atoms with van der Waals surface area (Å²) in [6, 6.07) is 18.8. The molecule has 0 fully saturated rings. The summed E-state index contributed by atoms with van der Waals surface area (Å²) in [7, 11) is 0. The summed E-state index contributed by atoms with van der Waals surface area (Å²) in [6.45, 7) is 1.75. The zero-order chi connectivity index (χ0) is 22.0. The van der Waals surface area contributed by atoms with Crippen LogP contribution in [0, 0.1) is 5.82 Å². The first kappa shape index (κ1) is 20.3. The van der Waals surface area contributed by atoms with E-state index in [9.17, 15) is 18.8 Å². The van der Waals surface area contributed by atoms with Crippen molar-refractivity contribution in [3.05, 3.63) is 95.3 Å². The maximum Gasteiger partial charge on any atom is 0.263 e. The predicted octanol–water partition coefficient (Wildman–Crippen LogP) is 4.12. The van der Waals surface area contributed by atoms with Gasteiger partial charge in [-0.05, 0) is 43.3 Å². The number of fused-ring (bicyclic) bond motifs is 1. The number of halogens is 1. The molecule has 0 atom stereocenters. The van der Waals surface area contributed by atoms with E-state index in [0.717, 1.165) is 4.90 Å². The quantitative estimate of drug-likeness (QED) is 0.565. The molecule has 0 unspecified atom stereocenters. The molecular weight excluding hydrogens is 399 g/mol. The Kier molecular flexibility index (Phi) is 5.49. The Morgan fingerprint density at radius 2 is 1.48 bits per heavy atom. The second-order valence-corrected chi connectivity index (χ2v) is 6.84. The van der Waals surface area contributed by atoms with Gasteiger partial charge in [-0.15, -0.1) is 0 Å². The minimum Gasteiger partial charge on any atom is -0.492 e. The molecule has 3 aromatic rings. The van der Waals surface area contributed by atoms with E-state index in [0.29, 0.717) is 18.0 Å². The van der Waals surface area contributed by atoms with Crippen LogP contribution in [0.4, 0.5) is 10.1 Å². The van der Waals surface area contributed by atoms with E-state index in [1.165, 1.54) is 23.1 Å². The van der Waals surface area contributed by atoms with Crippen LogP contribution in [0.3, 0.4) is 0 Å². The third-order valence-electron chi connectivity index (χ3n) is 4.97. The summed E-state index contributed by atoms with van der Waals surface area (Å²) in [6.07, 6.45) is 0. The lowest BCUT2D eigenvalue weighted by molar-refractivity contribution is 0.0650. The van der Waals surface area contributed by atoms with Crippen LogP contribution in [0.2, 0.25) is 0 Å². The SMILES string of the molecule is CCOc1ccccc1N(CN1C(=O)c2ccccc2C1=O)C(=O)c1ccccc1F. The smallest absolute Gasteiger partial charge is 0.263 e. The van der Waals surface area contributed by atoms with Gasteiger partial charge in [0.2, 0.25) is 0 Å². The number of amides is 3. The number of imide groups is 1. The fourth-order valence-electron chi connectivity index (χ4n) is 3.50. The Hall–Kier alpha value is -4.00. The molecule has 1 aliphatic rings. The van der Waals surface area contributed by atoms with Gasteiger partial charge in [-0.25, -0.2) is 4.39 Å². The summed E-state index contributed by atoms with van der Waals surface area (Å²) in [5.41, 5.74) is 0.687. The van der Waals surface area contributed by atoms with Crippen molar-refractivity contribution in [2.45, 2.75) is 6.92 Å². The first-order chi connectivity index (χ1) is 15.0. The summed E-state index contributed by atoms with van der Waals surface area (Å²) in [5.74, 6) is -2.04. The number of benzene rings is 3.